The van der Waals surface area contributed by atoms with Crippen LogP contribution in [-0.2, 0) is 20.7 Å². The number of hydrogen-bond donors (Lipinski definition) is 1. The molecule has 41 heavy (non-hydrogen) atoms. The highest BCUT2D eigenvalue weighted by atomic mass is 19.1. The number of amides is 2. The summed E-state index contributed by atoms with van der Waals surface area (Å²) in [6, 6.07) is 20.5. The third-order valence-electron chi connectivity index (χ3n) is 7.55. The van der Waals surface area contributed by atoms with Gasteiger partial charge in [-0.3, -0.25) is 9.69 Å². The number of nitrogens with zero attached hydrogens (tertiary/aromatic N) is 2. The number of ether oxygens (including phenoxy) is 2. The van der Waals surface area contributed by atoms with Crippen molar-refractivity contribution in [2.75, 3.05) is 26.3 Å². The molecular formula is C33H39FN2O5. The van der Waals surface area contributed by atoms with E-state index in [9.17, 15) is 19.1 Å². The number of fused-ring (bicyclic) bond motifs is 3. The Morgan fingerprint density at radius 1 is 0.854 bits per heavy atom. The molecule has 2 amide bonds. The Bertz CT molecular complexity index is 1280. The highest BCUT2D eigenvalue weighted by Gasteiger charge is 2.39. The second kappa shape index (κ2) is 13.7. The summed E-state index contributed by atoms with van der Waals surface area (Å²) >= 11 is 0. The van der Waals surface area contributed by atoms with Gasteiger partial charge < -0.3 is 19.5 Å². The Balaban J connectivity index is 1.73. The molecular weight excluding hydrogens is 523 g/mol. The van der Waals surface area contributed by atoms with E-state index in [1.54, 1.807) is 17.0 Å². The Kier molecular flexibility index (Phi) is 10.1. The van der Waals surface area contributed by atoms with Gasteiger partial charge in [-0.15, -0.1) is 0 Å². The third kappa shape index (κ3) is 6.94. The fraction of sp³-hybridized carbons (Fsp3) is 0.394. The van der Waals surface area contributed by atoms with Crippen LogP contribution in [0.3, 0.4) is 0 Å². The van der Waals surface area contributed by atoms with Crippen molar-refractivity contribution in [3.63, 3.8) is 0 Å². The second-order valence-electron chi connectivity index (χ2n) is 10.4. The average molecular weight is 563 g/mol. The molecule has 0 bridgehead atoms. The molecule has 1 N–H and O–H groups in total. The van der Waals surface area contributed by atoms with Crippen LogP contribution in [0.1, 0.15) is 50.3 Å². The van der Waals surface area contributed by atoms with E-state index in [1.165, 1.54) is 17.0 Å². The van der Waals surface area contributed by atoms with E-state index < -0.39 is 24.2 Å². The van der Waals surface area contributed by atoms with Crippen LogP contribution in [-0.4, -0.2) is 71.6 Å². The Hall–Kier alpha value is -3.75. The van der Waals surface area contributed by atoms with E-state index in [4.69, 9.17) is 9.47 Å². The third-order valence-corrected chi connectivity index (χ3v) is 7.55. The minimum atomic E-state index is -1.19. The number of carbonyl (C=O) groups excluding carboxylic acids is 1. The summed E-state index contributed by atoms with van der Waals surface area (Å²) in [6.45, 7) is 8.54. The molecule has 7 nitrogen and oxygen atoms in total. The minimum Gasteiger partial charge on any atom is -0.465 e. The molecule has 1 aliphatic carbocycles. The summed E-state index contributed by atoms with van der Waals surface area (Å²) in [5.41, 5.74) is 4.86. The molecule has 0 spiro atoms. The predicted octanol–water partition coefficient (Wildman–Crippen LogP) is 6.17. The van der Waals surface area contributed by atoms with Gasteiger partial charge in [-0.25, -0.2) is 9.18 Å². The zero-order chi connectivity index (χ0) is 29.5. The quantitative estimate of drug-likeness (QED) is 0.252. The maximum atomic E-state index is 14.3. The monoisotopic (exact) mass is 562 g/mol. The van der Waals surface area contributed by atoms with E-state index in [1.807, 2.05) is 76.2 Å². The molecule has 8 heteroatoms. The van der Waals surface area contributed by atoms with Gasteiger partial charge in [0.1, 0.15) is 11.9 Å². The zero-order valence-corrected chi connectivity index (χ0v) is 24.1. The molecule has 0 saturated carbocycles. The summed E-state index contributed by atoms with van der Waals surface area (Å²) in [7, 11) is 0. The lowest BCUT2D eigenvalue weighted by molar-refractivity contribution is -0.164. The highest BCUT2D eigenvalue weighted by Crippen LogP contribution is 2.45. The molecule has 3 aromatic rings. The smallest absolute Gasteiger partial charge is 0.408 e. The predicted molar refractivity (Wildman–Crippen MR) is 156 cm³/mol. The lowest BCUT2D eigenvalue weighted by atomic mass is 9.94. The van der Waals surface area contributed by atoms with E-state index >= 15 is 0 Å². The number of rotatable bonds is 13. The lowest BCUT2D eigenvalue weighted by Gasteiger charge is -2.37. The summed E-state index contributed by atoms with van der Waals surface area (Å²) in [6.07, 6.45) is -1.74. The van der Waals surface area contributed by atoms with Crippen molar-refractivity contribution in [1.29, 1.82) is 0 Å². The maximum absolute atomic E-state index is 14.3. The molecule has 4 rings (SSSR count). The van der Waals surface area contributed by atoms with E-state index in [2.05, 4.69) is 0 Å². The molecule has 0 heterocycles. The van der Waals surface area contributed by atoms with Crippen molar-refractivity contribution in [2.24, 2.45) is 0 Å². The van der Waals surface area contributed by atoms with Crippen molar-refractivity contribution in [1.82, 2.24) is 9.80 Å². The van der Waals surface area contributed by atoms with Gasteiger partial charge in [-0.05, 0) is 67.6 Å². The first-order valence-electron chi connectivity index (χ1n) is 14.2. The summed E-state index contributed by atoms with van der Waals surface area (Å²) in [5, 5.41) is 10.6. The fourth-order valence-electron chi connectivity index (χ4n) is 5.60. The lowest BCUT2D eigenvalue weighted by Crippen LogP contribution is -2.56. The van der Waals surface area contributed by atoms with Crippen LogP contribution in [0.5, 0.6) is 0 Å². The van der Waals surface area contributed by atoms with Gasteiger partial charge in [0, 0.05) is 38.1 Å². The molecule has 0 radical (unpaired) electrons. The van der Waals surface area contributed by atoms with Gasteiger partial charge in [0.05, 0.1) is 6.54 Å². The molecule has 0 saturated heterocycles. The van der Waals surface area contributed by atoms with Crippen molar-refractivity contribution in [3.05, 3.63) is 95.3 Å². The van der Waals surface area contributed by atoms with E-state index in [0.717, 1.165) is 22.3 Å². The van der Waals surface area contributed by atoms with Crippen LogP contribution >= 0.6 is 0 Å². The number of carboxylic acid groups (broad SMARTS) is 1. The van der Waals surface area contributed by atoms with Crippen molar-refractivity contribution < 1.29 is 28.6 Å². The molecule has 218 valence electrons. The summed E-state index contributed by atoms with van der Waals surface area (Å²) in [4.78, 5) is 30.2. The number of benzene rings is 3. The SMILES string of the molecule is CCOC(CN(C(=O)C(Cc1ccc(F)cc1)N(CC1c2ccccc2-c2ccccc21)C(=O)O)C(C)C)OCC. The van der Waals surface area contributed by atoms with Crippen molar-refractivity contribution >= 4 is 12.0 Å². The minimum absolute atomic E-state index is 0.0905. The Morgan fingerprint density at radius 3 is 1.88 bits per heavy atom. The first-order valence-corrected chi connectivity index (χ1v) is 14.2. The fourth-order valence-corrected chi connectivity index (χ4v) is 5.60. The second-order valence-corrected chi connectivity index (χ2v) is 10.4. The topological polar surface area (TPSA) is 79.3 Å². The molecule has 0 aromatic heterocycles. The van der Waals surface area contributed by atoms with Gasteiger partial charge in [0.15, 0.2) is 6.29 Å². The molecule has 0 fully saturated rings. The van der Waals surface area contributed by atoms with E-state index in [-0.39, 0.29) is 37.4 Å². The van der Waals surface area contributed by atoms with Gasteiger partial charge in [0.2, 0.25) is 5.91 Å². The van der Waals surface area contributed by atoms with Crippen LogP contribution in [0, 0.1) is 5.82 Å². The molecule has 1 unspecified atom stereocenters. The van der Waals surface area contributed by atoms with E-state index in [0.29, 0.717) is 18.8 Å². The Labute approximate surface area is 241 Å². The summed E-state index contributed by atoms with van der Waals surface area (Å²) in [5.74, 6) is -0.990. The molecule has 1 aliphatic rings. The van der Waals surface area contributed by atoms with Gasteiger partial charge in [-0.2, -0.15) is 0 Å². The highest BCUT2D eigenvalue weighted by molar-refractivity contribution is 5.86. The summed E-state index contributed by atoms with van der Waals surface area (Å²) < 4.78 is 25.2. The van der Waals surface area contributed by atoms with Crippen molar-refractivity contribution in [3.8, 4) is 11.1 Å². The maximum Gasteiger partial charge on any atom is 0.408 e. The van der Waals surface area contributed by atoms with Crippen LogP contribution in [0.25, 0.3) is 11.1 Å². The Morgan fingerprint density at radius 2 is 1.39 bits per heavy atom. The number of hydrogen-bond acceptors (Lipinski definition) is 4. The van der Waals surface area contributed by atoms with Gasteiger partial charge >= 0.3 is 6.09 Å². The van der Waals surface area contributed by atoms with Crippen molar-refractivity contribution in [2.45, 2.75) is 58.4 Å². The van der Waals surface area contributed by atoms with Crippen LogP contribution in [0.2, 0.25) is 0 Å². The van der Waals surface area contributed by atoms with Gasteiger partial charge in [-0.1, -0.05) is 60.7 Å². The number of carbonyl (C=O) groups is 2. The molecule has 3 aromatic carbocycles. The standard InChI is InChI=1S/C33H39FN2O5/c1-5-40-31(41-6-2)21-35(22(3)4)32(37)30(19-23-15-17-24(34)18-16-23)36(33(38)39)20-29-27-13-9-7-11-25(27)26-12-8-10-14-28(26)29/h7-18,22,29-31H,5-6,19-21H2,1-4H3,(H,38,39). The first kappa shape index (κ1) is 30.2. The van der Waals surface area contributed by atoms with Gasteiger partial charge in [0.25, 0.3) is 0 Å². The normalized spacial score (nSPS) is 13.2. The zero-order valence-electron chi connectivity index (χ0n) is 24.1. The van der Waals surface area contributed by atoms with Crippen LogP contribution in [0.15, 0.2) is 72.8 Å². The first-order chi connectivity index (χ1) is 19.7. The largest absolute Gasteiger partial charge is 0.465 e. The van der Waals surface area contributed by atoms with Crippen LogP contribution in [0.4, 0.5) is 9.18 Å². The molecule has 0 aliphatic heterocycles. The number of halogens is 1. The average Bonchev–Trinajstić information content (AvgIpc) is 3.27. The van der Waals surface area contributed by atoms with Crippen LogP contribution < -0.4 is 0 Å². The molecule has 1 atom stereocenters.